The number of fused-ring (bicyclic) bond motifs is 1. The highest BCUT2D eigenvalue weighted by Crippen LogP contribution is 2.35. The second-order valence-electron chi connectivity index (χ2n) is 5.16. The van der Waals surface area contributed by atoms with E-state index in [1.54, 1.807) is 0 Å². The van der Waals surface area contributed by atoms with Crippen molar-refractivity contribution in [2.24, 2.45) is 5.92 Å². The van der Waals surface area contributed by atoms with Crippen molar-refractivity contribution in [1.82, 2.24) is 5.32 Å². The van der Waals surface area contributed by atoms with Crippen LogP contribution in [0.1, 0.15) is 19.3 Å². The van der Waals surface area contributed by atoms with Gasteiger partial charge in [0.25, 0.3) is 0 Å². The van der Waals surface area contributed by atoms with Gasteiger partial charge < -0.3 is 14.8 Å². The molecule has 0 spiro atoms. The number of benzene rings is 1. The lowest BCUT2D eigenvalue weighted by Crippen LogP contribution is -2.28. The molecule has 1 aromatic rings. The van der Waals surface area contributed by atoms with E-state index >= 15 is 0 Å². The fourth-order valence-corrected chi connectivity index (χ4v) is 3.61. The first-order valence-corrected chi connectivity index (χ1v) is 8.13. The molecule has 0 amide bonds. The van der Waals surface area contributed by atoms with Crippen LogP contribution in [0.15, 0.2) is 23.1 Å². The summed E-state index contributed by atoms with van der Waals surface area (Å²) in [5, 5.41) is 3.41. The van der Waals surface area contributed by atoms with Crippen molar-refractivity contribution < 1.29 is 9.47 Å². The van der Waals surface area contributed by atoms with Gasteiger partial charge in [-0.05, 0) is 50.0 Å². The number of piperidine rings is 1. The Morgan fingerprint density at radius 3 is 2.74 bits per heavy atom. The molecule has 19 heavy (non-hydrogen) atoms. The number of thioether (sulfide) groups is 1. The van der Waals surface area contributed by atoms with E-state index < -0.39 is 0 Å². The van der Waals surface area contributed by atoms with Gasteiger partial charge in [0.2, 0.25) is 0 Å². The Morgan fingerprint density at radius 2 is 1.89 bits per heavy atom. The summed E-state index contributed by atoms with van der Waals surface area (Å²) in [6, 6.07) is 6.33. The Kier molecular flexibility index (Phi) is 4.51. The number of rotatable bonds is 3. The zero-order valence-corrected chi connectivity index (χ0v) is 12.0. The van der Waals surface area contributed by atoms with Crippen LogP contribution in [-0.2, 0) is 0 Å². The third kappa shape index (κ3) is 3.57. The van der Waals surface area contributed by atoms with Gasteiger partial charge in [0.05, 0.1) is 13.2 Å². The first kappa shape index (κ1) is 13.1. The summed E-state index contributed by atoms with van der Waals surface area (Å²) in [7, 11) is 0. The molecule has 104 valence electrons. The molecule has 4 heteroatoms. The van der Waals surface area contributed by atoms with Crippen molar-refractivity contribution in [3.05, 3.63) is 18.2 Å². The highest BCUT2D eigenvalue weighted by molar-refractivity contribution is 7.99. The minimum atomic E-state index is 0.758. The molecule has 1 N–H and O–H groups in total. The normalized spacial score (nSPS) is 20.0. The highest BCUT2D eigenvalue weighted by atomic mass is 32.2. The quantitative estimate of drug-likeness (QED) is 0.862. The molecular weight excluding hydrogens is 258 g/mol. The summed E-state index contributed by atoms with van der Waals surface area (Å²) in [5.74, 6) is 3.86. The minimum absolute atomic E-state index is 0.758. The molecule has 0 bridgehead atoms. The van der Waals surface area contributed by atoms with Crippen LogP contribution in [0.25, 0.3) is 0 Å². The molecule has 2 aliphatic rings. The molecule has 0 radical (unpaired) electrons. The van der Waals surface area contributed by atoms with Gasteiger partial charge >= 0.3 is 0 Å². The van der Waals surface area contributed by atoms with Gasteiger partial charge in [0.1, 0.15) is 0 Å². The van der Waals surface area contributed by atoms with E-state index in [-0.39, 0.29) is 0 Å². The van der Waals surface area contributed by atoms with Crippen LogP contribution in [0.5, 0.6) is 11.5 Å². The molecule has 0 saturated carbocycles. The smallest absolute Gasteiger partial charge is 0.162 e. The van der Waals surface area contributed by atoms with Crippen molar-refractivity contribution in [2.75, 3.05) is 32.1 Å². The molecule has 3 nitrogen and oxygen atoms in total. The summed E-state index contributed by atoms with van der Waals surface area (Å²) in [6.45, 7) is 3.86. The maximum absolute atomic E-state index is 5.73. The Labute approximate surface area is 119 Å². The van der Waals surface area contributed by atoms with Gasteiger partial charge in [-0.15, -0.1) is 11.8 Å². The summed E-state index contributed by atoms with van der Waals surface area (Å²) < 4.78 is 11.4. The van der Waals surface area contributed by atoms with Crippen molar-refractivity contribution in [3.63, 3.8) is 0 Å². The Bertz CT molecular complexity index is 419. The lowest BCUT2D eigenvalue weighted by atomic mass is 10.0. The molecule has 2 aliphatic heterocycles. The zero-order chi connectivity index (χ0) is 12.9. The lowest BCUT2D eigenvalue weighted by molar-refractivity contribution is 0.297. The lowest BCUT2D eigenvalue weighted by Gasteiger charge is -2.22. The largest absolute Gasteiger partial charge is 0.490 e. The Balaban J connectivity index is 1.60. The van der Waals surface area contributed by atoms with Crippen LogP contribution in [0.4, 0.5) is 0 Å². The zero-order valence-electron chi connectivity index (χ0n) is 11.2. The van der Waals surface area contributed by atoms with Crippen LogP contribution in [-0.4, -0.2) is 32.1 Å². The first-order chi connectivity index (χ1) is 9.42. The molecule has 0 unspecified atom stereocenters. The molecule has 2 heterocycles. The fourth-order valence-electron chi connectivity index (χ4n) is 2.50. The van der Waals surface area contributed by atoms with Crippen LogP contribution < -0.4 is 14.8 Å². The second-order valence-corrected chi connectivity index (χ2v) is 6.26. The van der Waals surface area contributed by atoms with Gasteiger partial charge in [-0.1, -0.05) is 0 Å². The summed E-state index contributed by atoms with van der Waals surface area (Å²) >= 11 is 1.94. The van der Waals surface area contributed by atoms with E-state index in [2.05, 4.69) is 17.4 Å². The average molecular weight is 279 g/mol. The molecule has 0 aliphatic carbocycles. The molecule has 0 atom stereocenters. The minimum Gasteiger partial charge on any atom is -0.490 e. The van der Waals surface area contributed by atoms with E-state index in [4.69, 9.17) is 9.47 Å². The number of nitrogens with one attached hydrogen (secondary N) is 1. The van der Waals surface area contributed by atoms with E-state index in [1.807, 2.05) is 17.8 Å². The second kappa shape index (κ2) is 6.53. The predicted octanol–water partition coefficient (Wildman–Crippen LogP) is 2.94. The standard InChI is InChI=1S/C15H21NO2S/c1-8-17-14-3-2-13(10-15(14)18-9-1)19-11-12-4-6-16-7-5-12/h2-3,10,12,16H,1,4-9,11H2. The van der Waals surface area contributed by atoms with Crippen molar-refractivity contribution >= 4 is 11.8 Å². The number of ether oxygens (including phenoxy) is 2. The maximum atomic E-state index is 5.73. The maximum Gasteiger partial charge on any atom is 0.162 e. The van der Waals surface area contributed by atoms with Gasteiger partial charge in [-0.25, -0.2) is 0 Å². The SMILES string of the molecule is c1cc2c(cc1SCC1CCNCC1)OCCCO2. The van der Waals surface area contributed by atoms with E-state index in [0.29, 0.717) is 0 Å². The molecule has 3 rings (SSSR count). The van der Waals surface area contributed by atoms with Gasteiger partial charge in [-0.2, -0.15) is 0 Å². The average Bonchev–Trinajstić information content (AvgIpc) is 2.71. The number of hydrogen-bond acceptors (Lipinski definition) is 4. The number of hydrogen-bond donors (Lipinski definition) is 1. The third-order valence-electron chi connectivity index (χ3n) is 3.66. The van der Waals surface area contributed by atoms with Crippen LogP contribution in [0.3, 0.4) is 0 Å². The highest BCUT2D eigenvalue weighted by Gasteiger charge is 2.15. The van der Waals surface area contributed by atoms with Crippen LogP contribution in [0.2, 0.25) is 0 Å². The molecular formula is C15H21NO2S. The van der Waals surface area contributed by atoms with E-state index in [9.17, 15) is 0 Å². The Hall–Kier alpha value is -0.870. The van der Waals surface area contributed by atoms with Crippen LogP contribution in [0, 0.1) is 5.92 Å². The first-order valence-electron chi connectivity index (χ1n) is 7.15. The monoisotopic (exact) mass is 279 g/mol. The van der Waals surface area contributed by atoms with Crippen LogP contribution >= 0.6 is 11.8 Å². The van der Waals surface area contributed by atoms with E-state index in [0.717, 1.165) is 37.1 Å². The third-order valence-corrected chi connectivity index (χ3v) is 4.89. The van der Waals surface area contributed by atoms with Gasteiger partial charge in [0, 0.05) is 17.1 Å². The predicted molar refractivity (Wildman–Crippen MR) is 78.4 cm³/mol. The van der Waals surface area contributed by atoms with Crippen molar-refractivity contribution in [3.8, 4) is 11.5 Å². The van der Waals surface area contributed by atoms with Gasteiger partial charge in [0.15, 0.2) is 11.5 Å². The fraction of sp³-hybridized carbons (Fsp3) is 0.600. The van der Waals surface area contributed by atoms with Crippen molar-refractivity contribution in [1.29, 1.82) is 0 Å². The molecule has 1 fully saturated rings. The Morgan fingerprint density at radius 1 is 1.11 bits per heavy atom. The summed E-state index contributed by atoms with van der Waals surface area (Å²) in [5.41, 5.74) is 0. The van der Waals surface area contributed by atoms with E-state index in [1.165, 1.54) is 36.6 Å². The summed E-state index contributed by atoms with van der Waals surface area (Å²) in [6.07, 6.45) is 3.57. The van der Waals surface area contributed by atoms with Crippen molar-refractivity contribution in [2.45, 2.75) is 24.2 Å². The summed E-state index contributed by atoms with van der Waals surface area (Å²) in [4.78, 5) is 1.29. The van der Waals surface area contributed by atoms with Gasteiger partial charge in [-0.3, -0.25) is 0 Å². The molecule has 0 aromatic heterocycles. The molecule has 1 saturated heterocycles. The molecule has 1 aromatic carbocycles. The topological polar surface area (TPSA) is 30.5 Å².